The smallest absolute Gasteiger partial charge is 0.0897 e. The van der Waals surface area contributed by atoms with E-state index < -0.39 is 0 Å². The predicted molar refractivity (Wildman–Crippen MR) is 79.6 cm³/mol. The average molecular weight is 278 g/mol. The topological polar surface area (TPSA) is 42.7 Å². The molecule has 0 fully saturated rings. The van der Waals surface area contributed by atoms with Gasteiger partial charge in [-0.15, -0.1) is 11.3 Å². The van der Waals surface area contributed by atoms with Crippen LogP contribution in [0.3, 0.4) is 0 Å². The van der Waals surface area contributed by atoms with Crippen molar-refractivity contribution < 1.29 is 0 Å². The number of likely N-dealkylation sites (N-methyl/N-ethyl adjacent to an activating group) is 1. The molecule has 0 radical (unpaired) electrons. The zero-order valence-corrected chi connectivity index (χ0v) is 12.9. The lowest BCUT2D eigenvalue weighted by Gasteiger charge is -2.16. The van der Waals surface area contributed by atoms with Crippen LogP contribution in [0.25, 0.3) is 0 Å². The van der Waals surface area contributed by atoms with E-state index >= 15 is 0 Å². The molecule has 0 saturated carbocycles. The lowest BCUT2D eigenvalue weighted by molar-refractivity contribution is 0.521. The summed E-state index contributed by atoms with van der Waals surface area (Å²) in [5, 5.41) is 9.19. The van der Waals surface area contributed by atoms with Crippen molar-refractivity contribution in [1.82, 2.24) is 20.1 Å². The van der Waals surface area contributed by atoms with Gasteiger partial charge in [-0.05, 0) is 33.4 Å². The van der Waals surface area contributed by atoms with E-state index in [-0.39, 0.29) is 0 Å². The number of hydrogen-bond donors (Lipinski definition) is 1. The fraction of sp³-hybridized carbons (Fsp3) is 0.571. The Balaban J connectivity index is 2.20. The van der Waals surface area contributed by atoms with Crippen LogP contribution in [0, 0.1) is 13.8 Å². The average Bonchev–Trinajstić information content (AvgIpc) is 2.95. The molecular weight excluding hydrogens is 256 g/mol. The summed E-state index contributed by atoms with van der Waals surface area (Å²) in [6.45, 7) is 10.3. The summed E-state index contributed by atoms with van der Waals surface area (Å²) < 4.78 is 2.09. The SMILES string of the molecule is CCNC(Cc1cc(C)nn1CC)c1cnc(C)s1. The molecule has 2 aromatic rings. The third-order valence-corrected chi connectivity index (χ3v) is 4.16. The number of nitrogens with zero attached hydrogens (tertiary/aromatic N) is 3. The molecule has 104 valence electrons. The van der Waals surface area contributed by atoms with Crippen LogP contribution in [0.4, 0.5) is 0 Å². The molecule has 0 amide bonds. The molecule has 5 heteroatoms. The van der Waals surface area contributed by atoms with E-state index in [1.807, 2.05) is 6.20 Å². The van der Waals surface area contributed by atoms with Crippen LogP contribution in [0.1, 0.15) is 41.2 Å². The molecule has 4 nitrogen and oxygen atoms in total. The van der Waals surface area contributed by atoms with E-state index in [2.05, 4.69) is 53.8 Å². The molecule has 2 aromatic heterocycles. The van der Waals surface area contributed by atoms with Gasteiger partial charge in [0.15, 0.2) is 0 Å². The van der Waals surface area contributed by atoms with E-state index in [1.54, 1.807) is 11.3 Å². The largest absolute Gasteiger partial charge is 0.309 e. The van der Waals surface area contributed by atoms with E-state index in [0.29, 0.717) is 6.04 Å². The summed E-state index contributed by atoms with van der Waals surface area (Å²) in [6.07, 6.45) is 2.96. The molecule has 2 rings (SSSR count). The third kappa shape index (κ3) is 3.42. The fourth-order valence-electron chi connectivity index (χ4n) is 2.31. The molecule has 1 N–H and O–H groups in total. The van der Waals surface area contributed by atoms with Crippen LogP contribution in [-0.4, -0.2) is 21.3 Å². The lowest BCUT2D eigenvalue weighted by Crippen LogP contribution is -2.23. The molecule has 2 heterocycles. The molecule has 1 unspecified atom stereocenters. The summed E-state index contributed by atoms with van der Waals surface area (Å²) >= 11 is 1.77. The van der Waals surface area contributed by atoms with Crippen molar-refractivity contribution in [2.45, 2.75) is 46.7 Å². The normalized spacial score (nSPS) is 12.8. The van der Waals surface area contributed by atoms with Gasteiger partial charge in [-0.2, -0.15) is 5.10 Å². The molecule has 1 atom stereocenters. The molecule has 0 aliphatic rings. The minimum atomic E-state index is 0.331. The Bertz CT molecular complexity index is 529. The Hall–Kier alpha value is -1.20. The lowest BCUT2D eigenvalue weighted by atomic mass is 10.1. The van der Waals surface area contributed by atoms with Crippen molar-refractivity contribution in [3.8, 4) is 0 Å². The number of rotatable bonds is 6. The molecule has 0 bridgehead atoms. The second-order valence-corrected chi connectivity index (χ2v) is 5.96. The number of nitrogens with one attached hydrogen (secondary N) is 1. The fourth-order valence-corrected chi connectivity index (χ4v) is 3.17. The quantitative estimate of drug-likeness (QED) is 0.883. The van der Waals surface area contributed by atoms with Crippen LogP contribution in [0.15, 0.2) is 12.3 Å². The zero-order valence-electron chi connectivity index (χ0n) is 12.1. The van der Waals surface area contributed by atoms with Crippen LogP contribution in [-0.2, 0) is 13.0 Å². The standard InChI is InChI=1S/C14H22N4S/c1-5-15-13(14-9-16-11(4)19-14)8-12-7-10(3)17-18(12)6-2/h7,9,13,15H,5-6,8H2,1-4H3. The van der Waals surface area contributed by atoms with Gasteiger partial charge in [-0.3, -0.25) is 4.68 Å². The number of aryl methyl sites for hydroxylation is 3. The first-order valence-corrected chi connectivity index (χ1v) is 7.64. The molecule has 0 aliphatic carbocycles. The summed E-state index contributed by atoms with van der Waals surface area (Å²) in [5.74, 6) is 0. The highest BCUT2D eigenvalue weighted by Crippen LogP contribution is 2.24. The van der Waals surface area contributed by atoms with Gasteiger partial charge >= 0.3 is 0 Å². The van der Waals surface area contributed by atoms with Crippen molar-refractivity contribution in [1.29, 1.82) is 0 Å². The second kappa shape index (κ2) is 6.30. The van der Waals surface area contributed by atoms with Crippen LogP contribution >= 0.6 is 11.3 Å². The maximum Gasteiger partial charge on any atom is 0.0897 e. The first kappa shape index (κ1) is 14.2. The van der Waals surface area contributed by atoms with Gasteiger partial charge in [0.1, 0.15) is 0 Å². The van der Waals surface area contributed by atoms with Crippen molar-refractivity contribution in [2.24, 2.45) is 0 Å². The molecule has 0 aromatic carbocycles. The summed E-state index contributed by atoms with van der Waals surface area (Å²) in [6, 6.07) is 2.51. The summed E-state index contributed by atoms with van der Waals surface area (Å²) in [4.78, 5) is 5.67. The van der Waals surface area contributed by atoms with Crippen LogP contribution < -0.4 is 5.32 Å². The van der Waals surface area contributed by atoms with Gasteiger partial charge in [0.25, 0.3) is 0 Å². The Labute approximate surface area is 118 Å². The Morgan fingerprint density at radius 3 is 2.74 bits per heavy atom. The maximum absolute atomic E-state index is 4.52. The van der Waals surface area contributed by atoms with Gasteiger partial charge in [-0.25, -0.2) is 4.98 Å². The second-order valence-electron chi connectivity index (χ2n) is 4.69. The number of hydrogen-bond acceptors (Lipinski definition) is 4. The van der Waals surface area contributed by atoms with Crippen molar-refractivity contribution in [2.75, 3.05) is 6.54 Å². The maximum atomic E-state index is 4.52. The van der Waals surface area contributed by atoms with Gasteiger partial charge < -0.3 is 5.32 Å². The van der Waals surface area contributed by atoms with Crippen molar-refractivity contribution in [3.63, 3.8) is 0 Å². The van der Waals surface area contributed by atoms with Gasteiger partial charge in [0, 0.05) is 35.8 Å². The predicted octanol–water partition coefficient (Wildman–Crippen LogP) is 2.87. The Morgan fingerprint density at radius 2 is 2.16 bits per heavy atom. The van der Waals surface area contributed by atoms with Crippen molar-refractivity contribution in [3.05, 3.63) is 33.5 Å². The van der Waals surface area contributed by atoms with Crippen molar-refractivity contribution >= 4 is 11.3 Å². The molecule has 0 spiro atoms. The van der Waals surface area contributed by atoms with Gasteiger partial charge in [0.05, 0.1) is 10.7 Å². The first-order chi connectivity index (χ1) is 9.13. The van der Waals surface area contributed by atoms with Crippen LogP contribution in [0.5, 0.6) is 0 Å². The van der Waals surface area contributed by atoms with Gasteiger partial charge in [0.2, 0.25) is 0 Å². The van der Waals surface area contributed by atoms with E-state index in [9.17, 15) is 0 Å². The zero-order chi connectivity index (χ0) is 13.8. The highest BCUT2D eigenvalue weighted by molar-refractivity contribution is 7.11. The Morgan fingerprint density at radius 1 is 1.37 bits per heavy atom. The molecule has 0 saturated heterocycles. The summed E-state index contributed by atoms with van der Waals surface area (Å²) in [5.41, 5.74) is 2.38. The molecular formula is C14H22N4S. The highest BCUT2D eigenvalue weighted by Gasteiger charge is 2.16. The van der Waals surface area contributed by atoms with Gasteiger partial charge in [-0.1, -0.05) is 6.92 Å². The third-order valence-electron chi connectivity index (χ3n) is 3.13. The molecule has 0 aliphatic heterocycles. The van der Waals surface area contributed by atoms with E-state index in [4.69, 9.17) is 0 Å². The van der Waals surface area contributed by atoms with E-state index in [1.165, 1.54) is 10.6 Å². The first-order valence-electron chi connectivity index (χ1n) is 6.83. The number of aromatic nitrogens is 3. The highest BCUT2D eigenvalue weighted by atomic mass is 32.1. The monoisotopic (exact) mass is 278 g/mol. The van der Waals surface area contributed by atoms with E-state index in [0.717, 1.165) is 30.2 Å². The molecule has 19 heavy (non-hydrogen) atoms. The summed E-state index contributed by atoms with van der Waals surface area (Å²) in [7, 11) is 0. The number of thiazole rings is 1. The minimum Gasteiger partial charge on any atom is -0.309 e. The Kier molecular flexibility index (Phi) is 4.71. The minimum absolute atomic E-state index is 0.331. The van der Waals surface area contributed by atoms with Crippen LogP contribution in [0.2, 0.25) is 0 Å².